The number of hydrogen-bond acceptors (Lipinski definition) is 3. The maximum Gasteiger partial charge on any atom is 0.255 e. The molecule has 1 amide bonds. The van der Waals surface area contributed by atoms with Crippen molar-refractivity contribution in [2.24, 2.45) is 0 Å². The van der Waals surface area contributed by atoms with Gasteiger partial charge in [-0.15, -0.1) is 0 Å². The predicted molar refractivity (Wildman–Crippen MR) is 104 cm³/mol. The first-order chi connectivity index (χ1) is 12.4. The van der Waals surface area contributed by atoms with Crippen LogP contribution in [0.5, 0.6) is 11.5 Å². The van der Waals surface area contributed by atoms with E-state index in [-0.39, 0.29) is 11.3 Å². The molecule has 0 aliphatic heterocycles. The quantitative estimate of drug-likeness (QED) is 0.686. The molecule has 4 nitrogen and oxygen atoms in total. The molecule has 1 N–H and O–H groups in total. The van der Waals surface area contributed by atoms with Gasteiger partial charge < -0.3 is 10.1 Å². The second-order valence-electron chi connectivity index (χ2n) is 7.09. The number of carbonyl (C=O) groups excluding carboxylic acids is 1. The number of aromatic nitrogens is 1. The zero-order valence-corrected chi connectivity index (χ0v) is 15.2. The van der Waals surface area contributed by atoms with Crippen LogP contribution in [0.4, 0.5) is 5.69 Å². The average Bonchev–Trinajstić information content (AvgIpc) is 2.63. The second-order valence-corrected chi connectivity index (χ2v) is 7.09. The summed E-state index contributed by atoms with van der Waals surface area (Å²) in [7, 11) is 0. The summed E-state index contributed by atoms with van der Waals surface area (Å²) in [6.07, 6.45) is 3.35. The third kappa shape index (κ3) is 4.48. The van der Waals surface area contributed by atoms with Crippen LogP contribution in [-0.2, 0) is 5.41 Å². The minimum absolute atomic E-state index is 0.0691. The van der Waals surface area contributed by atoms with E-state index in [1.165, 1.54) is 5.56 Å². The summed E-state index contributed by atoms with van der Waals surface area (Å²) in [6, 6.07) is 18.6. The fourth-order valence-corrected chi connectivity index (χ4v) is 2.47. The highest BCUT2D eigenvalue weighted by molar-refractivity contribution is 6.04. The number of pyridine rings is 1. The Balaban J connectivity index is 1.64. The fourth-order valence-electron chi connectivity index (χ4n) is 2.47. The summed E-state index contributed by atoms with van der Waals surface area (Å²) < 4.78 is 5.72. The van der Waals surface area contributed by atoms with Gasteiger partial charge in [0.2, 0.25) is 0 Å². The van der Waals surface area contributed by atoms with Crippen LogP contribution in [0.2, 0.25) is 0 Å². The van der Waals surface area contributed by atoms with Crippen molar-refractivity contribution in [3.05, 3.63) is 84.2 Å². The number of nitrogens with one attached hydrogen (secondary N) is 1. The molecule has 2 aromatic carbocycles. The molecule has 0 radical (unpaired) electrons. The van der Waals surface area contributed by atoms with Crippen LogP contribution >= 0.6 is 0 Å². The third-order valence-electron chi connectivity index (χ3n) is 4.01. The summed E-state index contributed by atoms with van der Waals surface area (Å²) in [5.74, 6) is 1.28. The van der Waals surface area contributed by atoms with Gasteiger partial charge in [0.25, 0.3) is 5.91 Å². The first-order valence-electron chi connectivity index (χ1n) is 8.52. The smallest absolute Gasteiger partial charge is 0.255 e. The van der Waals surface area contributed by atoms with Crippen molar-refractivity contribution in [2.75, 3.05) is 5.32 Å². The van der Waals surface area contributed by atoms with Crippen LogP contribution in [0.15, 0.2) is 73.1 Å². The molecule has 4 heteroatoms. The zero-order chi connectivity index (χ0) is 18.6. The van der Waals surface area contributed by atoms with Gasteiger partial charge in [-0.05, 0) is 59.5 Å². The molecule has 0 atom stereocenters. The molecule has 1 heterocycles. The number of carbonyl (C=O) groups is 1. The monoisotopic (exact) mass is 346 g/mol. The fraction of sp³-hybridized carbons (Fsp3) is 0.182. The number of hydrogen-bond donors (Lipinski definition) is 1. The van der Waals surface area contributed by atoms with Crippen molar-refractivity contribution in [1.82, 2.24) is 4.98 Å². The number of benzene rings is 2. The SMILES string of the molecule is CC(C)(C)c1ccc(C(=O)Nc2ccc(Oc3ccncc3)cc2)cc1. The van der Waals surface area contributed by atoms with Crippen molar-refractivity contribution < 1.29 is 9.53 Å². The van der Waals surface area contributed by atoms with E-state index < -0.39 is 0 Å². The summed E-state index contributed by atoms with van der Waals surface area (Å²) in [5, 5.41) is 2.90. The van der Waals surface area contributed by atoms with Gasteiger partial charge in [0.05, 0.1) is 0 Å². The molecule has 0 bridgehead atoms. The van der Waals surface area contributed by atoms with E-state index in [0.717, 1.165) is 11.4 Å². The lowest BCUT2D eigenvalue weighted by atomic mass is 9.87. The standard InChI is InChI=1S/C22H22N2O2/c1-22(2,3)17-6-4-16(5-7-17)21(25)24-18-8-10-19(11-9-18)26-20-12-14-23-15-13-20/h4-15H,1-3H3,(H,24,25). The van der Waals surface area contributed by atoms with Crippen LogP contribution in [0.3, 0.4) is 0 Å². The minimum atomic E-state index is -0.131. The normalized spacial score (nSPS) is 11.0. The highest BCUT2D eigenvalue weighted by atomic mass is 16.5. The second kappa shape index (κ2) is 7.40. The molecule has 1 aromatic heterocycles. The van der Waals surface area contributed by atoms with E-state index in [0.29, 0.717) is 11.3 Å². The molecule has 26 heavy (non-hydrogen) atoms. The summed E-state index contributed by atoms with van der Waals surface area (Å²) >= 11 is 0. The van der Waals surface area contributed by atoms with Gasteiger partial charge in [-0.25, -0.2) is 0 Å². The molecule has 3 aromatic rings. The number of rotatable bonds is 4. The highest BCUT2D eigenvalue weighted by Gasteiger charge is 2.14. The summed E-state index contributed by atoms with van der Waals surface area (Å²) in [4.78, 5) is 16.4. The van der Waals surface area contributed by atoms with E-state index in [9.17, 15) is 4.79 Å². The molecule has 0 unspecified atom stereocenters. The van der Waals surface area contributed by atoms with Crippen LogP contribution in [0.1, 0.15) is 36.7 Å². The Labute approximate surface area is 153 Å². The largest absolute Gasteiger partial charge is 0.457 e. The molecule has 0 saturated heterocycles. The van der Waals surface area contributed by atoms with Crippen LogP contribution < -0.4 is 10.1 Å². The van der Waals surface area contributed by atoms with E-state index in [1.54, 1.807) is 24.5 Å². The van der Waals surface area contributed by atoms with E-state index in [1.807, 2.05) is 48.5 Å². The molecular formula is C22H22N2O2. The molecule has 3 rings (SSSR count). The third-order valence-corrected chi connectivity index (χ3v) is 4.01. The number of amides is 1. The van der Waals surface area contributed by atoms with Crippen LogP contribution in [0.25, 0.3) is 0 Å². The predicted octanol–water partition coefficient (Wildman–Crippen LogP) is 5.42. The Morgan fingerprint density at radius 2 is 1.42 bits per heavy atom. The van der Waals surface area contributed by atoms with Gasteiger partial charge in [-0.3, -0.25) is 9.78 Å². The molecule has 0 saturated carbocycles. The van der Waals surface area contributed by atoms with Gasteiger partial charge in [-0.2, -0.15) is 0 Å². The van der Waals surface area contributed by atoms with Gasteiger partial charge in [0.15, 0.2) is 0 Å². The molecule has 0 aliphatic rings. The first kappa shape index (κ1) is 17.7. The summed E-state index contributed by atoms with van der Waals surface area (Å²) in [6.45, 7) is 6.45. The number of ether oxygens (including phenoxy) is 1. The Morgan fingerprint density at radius 3 is 2.00 bits per heavy atom. The van der Waals surface area contributed by atoms with Crippen molar-refractivity contribution in [3.8, 4) is 11.5 Å². The zero-order valence-electron chi connectivity index (χ0n) is 15.2. The number of anilines is 1. The van der Waals surface area contributed by atoms with Gasteiger partial charge >= 0.3 is 0 Å². The Kier molecular flexibility index (Phi) is 5.03. The summed E-state index contributed by atoms with van der Waals surface area (Å²) in [5.41, 5.74) is 2.62. The molecule has 0 fully saturated rings. The lowest BCUT2D eigenvalue weighted by Gasteiger charge is -2.19. The van der Waals surface area contributed by atoms with Crippen LogP contribution in [-0.4, -0.2) is 10.9 Å². The van der Waals surface area contributed by atoms with Gasteiger partial charge in [-0.1, -0.05) is 32.9 Å². The maximum absolute atomic E-state index is 12.4. The van der Waals surface area contributed by atoms with Gasteiger partial charge in [0, 0.05) is 23.6 Å². The van der Waals surface area contributed by atoms with Crippen molar-refractivity contribution >= 4 is 11.6 Å². The highest BCUT2D eigenvalue weighted by Crippen LogP contribution is 2.24. The van der Waals surface area contributed by atoms with Crippen molar-refractivity contribution in [2.45, 2.75) is 26.2 Å². The maximum atomic E-state index is 12.4. The number of nitrogens with zero attached hydrogens (tertiary/aromatic N) is 1. The van der Waals surface area contributed by atoms with E-state index >= 15 is 0 Å². The molecular weight excluding hydrogens is 324 g/mol. The average molecular weight is 346 g/mol. The molecule has 0 spiro atoms. The molecule has 0 aliphatic carbocycles. The van der Waals surface area contributed by atoms with E-state index in [4.69, 9.17) is 4.74 Å². The Morgan fingerprint density at radius 1 is 0.846 bits per heavy atom. The first-order valence-corrected chi connectivity index (χ1v) is 8.52. The lowest BCUT2D eigenvalue weighted by molar-refractivity contribution is 0.102. The van der Waals surface area contributed by atoms with Gasteiger partial charge in [0.1, 0.15) is 11.5 Å². The Hall–Kier alpha value is -3.14. The topological polar surface area (TPSA) is 51.2 Å². The lowest BCUT2D eigenvalue weighted by Crippen LogP contribution is -2.14. The van der Waals surface area contributed by atoms with Crippen molar-refractivity contribution in [1.29, 1.82) is 0 Å². The van der Waals surface area contributed by atoms with Crippen LogP contribution in [0, 0.1) is 0 Å². The molecule has 132 valence electrons. The minimum Gasteiger partial charge on any atom is -0.457 e. The Bertz CT molecular complexity index is 865. The van der Waals surface area contributed by atoms with E-state index in [2.05, 4.69) is 31.1 Å². The van der Waals surface area contributed by atoms with Crippen molar-refractivity contribution in [3.63, 3.8) is 0 Å².